The summed E-state index contributed by atoms with van der Waals surface area (Å²) in [6, 6.07) is 5.19. The number of hydrogen-bond donors (Lipinski definition) is 1. The van der Waals surface area contributed by atoms with E-state index in [1.165, 1.54) is 11.7 Å². The maximum atomic E-state index is 12.0. The van der Waals surface area contributed by atoms with Crippen LogP contribution in [0.1, 0.15) is 18.9 Å². The average Bonchev–Trinajstić information content (AvgIpc) is 2.87. The molecule has 1 aromatic carbocycles. The van der Waals surface area contributed by atoms with Crippen LogP contribution < -0.4 is 15.2 Å². The van der Waals surface area contributed by atoms with Crippen LogP contribution in [0.4, 0.5) is 0 Å². The molecule has 0 fully saturated rings. The molecule has 108 valence electrons. The summed E-state index contributed by atoms with van der Waals surface area (Å²) in [5.74, 6) is 1.63. The van der Waals surface area contributed by atoms with Gasteiger partial charge < -0.3 is 14.2 Å². The van der Waals surface area contributed by atoms with Crippen molar-refractivity contribution in [3.8, 4) is 17.2 Å². The van der Waals surface area contributed by atoms with Crippen molar-refractivity contribution in [2.24, 2.45) is 0 Å². The fraction of sp³-hybridized carbons (Fsp3) is 0.385. The largest absolute Gasteiger partial charge is 0.497 e. The topological polar surface area (TPSA) is 78.4 Å². The molecular weight excluding hydrogens is 262 g/mol. The van der Waals surface area contributed by atoms with E-state index in [4.69, 9.17) is 14.2 Å². The fourth-order valence-corrected chi connectivity index (χ4v) is 1.89. The Morgan fingerprint density at radius 1 is 1.25 bits per heavy atom. The van der Waals surface area contributed by atoms with E-state index in [1.807, 2.05) is 6.92 Å². The second-order valence-electron chi connectivity index (χ2n) is 4.14. The number of ether oxygens (including phenoxy) is 3. The molecule has 2 rings (SSSR count). The van der Waals surface area contributed by atoms with Gasteiger partial charge in [-0.05, 0) is 19.1 Å². The molecule has 0 aliphatic heterocycles. The highest BCUT2D eigenvalue weighted by Crippen LogP contribution is 2.28. The van der Waals surface area contributed by atoms with E-state index in [9.17, 15) is 4.79 Å². The average molecular weight is 279 g/mol. The van der Waals surface area contributed by atoms with E-state index >= 15 is 0 Å². The van der Waals surface area contributed by atoms with Crippen LogP contribution in [0.25, 0.3) is 5.69 Å². The molecule has 1 unspecified atom stereocenters. The Labute approximate surface area is 116 Å². The predicted octanol–water partition coefficient (Wildman–Crippen LogP) is 1.29. The number of nitrogens with one attached hydrogen (secondary N) is 1. The van der Waals surface area contributed by atoms with E-state index in [0.717, 1.165) is 0 Å². The lowest BCUT2D eigenvalue weighted by molar-refractivity contribution is 0.110. The van der Waals surface area contributed by atoms with Gasteiger partial charge in [0.1, 0.15) is 17.6 Å². The van der Waals surface area contributed by atoms with Gasteiger partial charge in [-0.25, -0.2) is 14.5 Å². The van der Waals surface area contributed by atoms with E-state index < -0.39 is 0 Å². The lowest BCUT2D eigenvalue weighted by Crippen LogP contribution is -2.19. The lowest BCUT2D eigenvalue weighted by Gasteiger charge is -2.14. The van der Waals surface area contributed by atoms with Gasteiger partial charge in [0, 0.05) is 13.2 Å². The number of aromatic nitrogens is 3. The van der Waals surface area contributed by atoms with E-state index in [0.29, 0.717) is 23.0 Å². The van der Waals surface area contributed by atoms with Gasteiger partial charge >= 0.3 is 5.69 Å². The minimum Gasteiger partial charge on any atom is -0.497 e. The Balaban J connectivity index is 2.62. The van der Waals surface area contributed by atoms with Crippen molar-refractivity contribution in [3.63, 3.8) is 0 Å². The van der Waals surface area contributed by atoms with Gasteiger partial charge in [0.15, 0.2) is 5.82 Å². The summed E-state index contributed by atoms with van der Waals surface area (Å²) in [5, 5.41) is 6.42. The van der Waals surface area contributed by atoms with Gasteiger partial charge in [0.05, 0.1) is 19.9 Å². The first-order chi connectivity index (χ1) is 9.62. The third-order valence-electron chi connectivity index (χ3n) is 3.04. The van der Waals surface area contributed by atoms with E-state index in [1.54, 1.807) is 32.4 Å². The molecule has 0 spiro atoms. The van der Waals surface area contributed by atoms with Crippen molar-refractivity contribution < 1.29 is 14.2 Å². The summed E-state index contributed by atoms with van der Waals surface area (Å²) >= 11 is 0. The van der Waals surface area contributed by atoms with Gasteiger partial charge in [0.25, 0.3) is 0 Å². The predicted molar refractivity (Wildman–Crippen MR) is 72.7 cm³/mol. The Morgan fingerprint density at radius 3 is 2.60 bits per heavy atom. The monoisotopic (exact) mass is 279 g/mol. The van der Waals surface area contributed by atoms with Crippen LogP contribution in [-0.4, -0.2) is 36.1 Å². The van der Waals surface area contributed by atoms with E-state index in [2.05, 4.69) is 10.2 Å². The standard InChI is InChI=1S/C13H17N3O4/c1-8(18-2)12-14-15-13(17)16(12)10-6-5-9(19-3)7-11(10)20-4/h5-8H,1-4H3,(H,15,17). The van der Waals surface area contributed by atoms with Crippen LogP contribution in [-0.2, 0) is 4.74 Å². The number of benzene rings is 1. The SMILES string of the molecule is COc1ccc(-n2c(C(C)OC)n[nH]c2=O)c(OC)c1. The van der Waals surface area contributed by atoms with Crippen molar-refractivity contribution in [3.05, 3.63) is 34.5 Å². The second kappa shape index (κ2) is 5.79. The minimum absolute atomic E-state index is 0.333. The Bertz CT molecular complexity index is 647. The minimum atomic E-state index is -0.354. The Kier molecular flexibility index (Phi) is 4.09. The molecule has 0 aliphatic rings. The van der Waals surface area contributed by atoms with Crippen molar-refractivity contribution in [1.29, 1.82) is 0 Å². The molecule has 0 bridgehead atoms. The van der Waals surface area contributed by atoms with Gasteiger partial charge in [-0.15, -0.1) is 0 Å². The summed E-state index contributed by atoms with van der Waals surface area (Å²) in [7, 11) is 4.65. The summed E-state index contributed by atoms with van der Waals surface area (Å²) in [6.45, 7) is 1.81. The third kappa shape index (κ3) is 2.39. The number of rotatable bonds is 5. The first-order valence-corrected chi connectivity index (χ1v) is 6.04. The van der Waals surface area contributed by atoms with Crippen molar-refractivity contribution in [2.75, 3.05) is 21.3 Å². The molecule has 7 heteroatoms. The van der Waals surface area contributed by atoms with Crippen LogP contribution in [0.2, 0.25) is 0 Å². The maximum Gasteiger partial charge on any atom is 0.348 e. The lowest BCUT2D eigenvalue weighted by atomic mass is 10.2. The normalized spacial score (nSPS) is 12.2. The van der Waals surface area contributed by atoms with Crippen LogP contribution in [0.3, 0.4) is 0 Å². The van der Waals surface area contributed by atoms with Gasteiger partial charge in [-0.2, -0.15) is 5.10 Å². The van der Waals surface area contributed by atoms with Crippen LogP contribution in [0.15, 0.2) is 23.0 Å². The number of methoxy groups -OCH3 is 3. The second-order valence-corrected chi connectivity index (χ2v) is 4.14. The zero-order chi connectivity index (χ0) is 14.7. The number of hydrogen-bond acceptors (Lipinski definition) is 5. The molecule has 0 saturated carbocycles. The van der Waals surface area contributed by atoms with Gasteiger partial charge in [-0.1, -0.05) is 0 Å². The Morgan fingerprint density at radius 2 is 2.00 bits per heavy atom. The Hall–Kier alpha value is -2.28. The summed E-state index contributed by atoms with van der Waals surface area (Å²) in [4.78, 5) is 12.0. The number of aromatic amines is 1. The van der Waals surface area contributed by atoms with Crippen molar-refractivity contribution >= 4 is 0 Å². The zero-order valence-electron chi connectivity index (χ0n) is 11.8. The molecule has 1 aromatic heterocycles. The van der Waals surface area contributed by atoms with Crippen LogP contribution in [0, 0.1) is 0 Å². The van der Waals surface area contributed by atoms with Crippen LogP contribution in [0.5, 0.6) is 11.5 Å². The summed E-state index contributed by atoms with van der Waals surface area (Å²) in [6.07, 6.45) is -0.333. The van der Waals surface area contributed by atoms with Crippen molar-refractivity contribution in [2.45, 2.75) is 13.0 Å². The highest BCUT2D eigenvalue weighted by Gasteiger charge is 2.19. The number of nitrogens with zero attached hydrogens (tertiary/aromatic N) is 2. The van der Waals surface area contributed by atoms with Crippen molar-refractivity contribution in [1.82, 2.24) is 14.8 Å². The van der Waals surface area contributed by atoms with Crippen LogP contribution >= 0.6 is 0 Å². The smallest absolute Gasteiger partial charge is 0.348 e. The highest BCUT2D eigenvalue weighted by molar-refractivity contribution is 5.51. The van der Waals surface area contributed by atoms with Gasteiger partial charge in [-0.3, -0.25) is 0 Å². The first kappa shape index (κ1) is 14.1. The molecule has 1 heterocycles. The van der Waals surface area contributed by atoms with Gasteiger partial charge in [0.2, 0.25) is 0 Å². The summed E-state index contributed by atoms with van der Waals surface area (Å²) in [5.41, 5.74) is 0.221. The molecule has 1 N–H and O–H groups in total. The quantitative estimate of drug-likeness (QED) is 0.892. The number of H-pyrrole nitrogens is 1. The fourth-order valence-electron chi connectivity index (χ4n) is 1.89. The summed E-state index contributed by atoms with van der Waals surface area (Å²) < 4.78 is 17.1. The maximum absolute atomic E-state index is 12.0. The molecule has 0 saturated heterocycles. The molecule has 20 heavy (non-hydrogen) atoms. The zero-order valence-corrected chi connectivity index (χ0v) is 11.8. The highest BCUT2D eigenvalue weighted by atomic mass is 16.5. The molecule has 2 aromatic rings. The third-order valence-corrected chi connectivity index (χ3v) is 3.04. The molecule has 1 atom stereocenters. The molecule has 0 aliphatic carbocycles. The molecule has 0 radical (unpaired) electrons. The van der Waals surface area contributed by atoms with E-state index in [-0.39, 0.29) is 11.8 Å². The molecule has 7 nitrogen and oxygen atoms in total. The first-order valence-electron chi connectivity index (χ1n) is 6.04. The molecular formula is C13H17N3O4. The molecule has 0 amide bonds.